The van der Waals surface area contributed by atoms with Gasteiger partial charge < -0.3 is 5.73 Å². The largest absolute Gasteiger partial charge is 0.321 e. The second-order valence-corrected chi connectivity index (χ2v) is 7.88. The van der Waals surface area contributed by atoms with Crippen LogP contribution in [0.1, 0.15) is 49.7 Å². The van der Waals surface area contributed by atoms with Gasteiger partial charge in [-0.05, 0) is 18.9 Å². The fraction of sp³-hybridized carbons (Fsp3) is 0.500. The summed E-state index contributed by atoms with van der Waals surface area (Å²) in [5.74, 6) is 0.515. The zero-order valence-corrected chi connectivity index (χ0v) is 14.7. The zero-order chi connectivity index (χ0) is 17.0. The molecule has 0 aliphatic carbocycles. The van der Waals surface area contributed by atoms with Crippen molar-refractivity contribution in [1.82, 2.24) is 14.8 Å². The number of rotatable bonds is 7. The van der Waals surface area contributed by atoms with E-state index in [2.05, 4.69) is 10.2 Å². The molecule has 0 aliphatic rings. The predicted octanol–water partition coefficient (Wildman–Crippen LogP) is 2.23. The molecule has 0 saturated carbocycles. The first kappa shape index (κ1) is 17.6. The molecule has 23 heavy (non-hydrogen) atoms. The van der Waals surface area contributed by atoms with E-state index in [9.17, 15) is 8.42 Å². The van der Waals surface area contributed by atoms with Crippen molar-refractivity contribution in [3.8, 4) is 0 Å². The summed E-state index contributed by atoms with van der Waals surface area (Å²) in [5.41, 5.74) is 8.31. The average Bonchev–Trinajstić information content (AvgIpc) is 2.94. The van der Waals surface area contributed by atoms with Crippen molar-refractivity contribution in [3.63, 3.8) is 0 Å². The van der Waals surface area contributed by atoms with Gasteiger partial charge in [0.2, 0.25) is 15.0 Å². The molecule has 1 aromatic heterocycles. The van der Waals surface area contributed by atoms with Crippen molar-refractivity contribution < 1.29 is 8.42 Å². The normalized spacial score (nSPS) is 13.2. The van der Waals surface area contributed by atoms with E-state index in [1.54, 1.807) is 11.5 Å². The minimum absolute atomic E-state index is 0.00197. The molecule has 1 unspecified atom stereocenters. The number of hydrogen-bond donors (Lipinski definition) is 1. The summed E-state index contributed by atoms with van der Waals surface area (Å²) < 4.78 is 26.2. The SMILES string of the molecule is CCCC(N)c1nnc(S(=O)(=O)CC)n1Cc1ccc(C)cc1. The maximum Gasteiger partial charge on any atom is 0.250 e. The molecule has 0 saturated heterocycles. The molecule has 0 aliphatic heterocycles. The molecule has 1 atom stereocenters. The summed E-state index contributed by atoms with van der Waals surface area (Å²) in [7, 11) is -3.45. The molecule has 2 rings (SSSR count). The Morgan fingerprint density at radius 3 is 2.39 bits per heavy atom. The smallest absolute Gasteiger partial charge is 0.250 e. The van der Waals surface area contributed by atoms with E-state index in [-0.39, 0.29) is 17.0 Å². The van der Waals surface area contributed by atoms with Gasteiger partial charge in [-0.15, -0.1) is 10.2 Å². The van der Waals surface area contributed by atoms with Crippen LogP contribution < -0.4 is 5.73 Å². The van der Waals surface area contributed by atoms with Crippen LogP contribution in [0.25, 0.3) is 0 Å². The third-order valence-electron chi connectivity index (χ3n) is 3.80. The number of nitrogens with zero attached hydrogens (tertiary/aromatic N) is 3. The Bertz CT molecular complexity index is 751. The summed E-state index contributed by atoms with van der Waals surface area (Å²) in [6.07, 6.45) is 1.63. The maximum atomic E-state index is 12.3. The highest BCUT2D eigenvalue weighted by molar-refractivity contribution is 7.91. The molecule has 0 spiro atoms. The standard InChI is InChI=1S/C16H24N4O2S/c1-4-6-14(17)15-18-19-16(23(21,22)5-2)20(15)11-13-9-7-12(3)8-10-13/h7-10,14H,4-6,11,17H2,1-3H3. The highest BCUT2D eigenvalue weighted by Crippen LogP contribution is 2.20. The lowest BCUT2D eigenvalue weighted by atomic mass is 10.1. The first-order chi connectivity index (χ1) is 10.9. The molecule has 0 amide bonds. The van der Waals surface area contributed by atoms with Crippen LogP contribution in [0.5, 0.6) is 0 Å². The molecule has 2 N–H and O–H groups in total. The molecule has 7 heteroatoms. The monoisotopic (exact) mass is 336 g/mol. The van der Waals surface area contributed by atoms with E-state index < -0.39 is 9.84 Å². The molecular weight excluding hydrogens is 312 g/mol. The highest BCUT2D eigenvalue weighted by atomic mass is 32.2. The third kappa shape index (κ3) is 3.97. The van der Waals surface area contributed by atoms with Crippen molar-refractivity contribution in [2.45, 2.75) is 51.4 Å². The van der Waals surface area contributed by atoms with Gasteiger partial charge in [-0.2, -0.15) is 0 Å². The van der Waals surface area contributed by atoms with Crippen LogP contribution >= 0.6 is 0 Å². The van der Waals surface area contributed by atoms with Gasteiger partial charge in [-0.25, -0.2) is 8.42 Å². The number of sulfone groups is 1. The molecule has 2 aromatic rings. The average molecular weight is 336 g/mol. The van der Waals surface area contributed by atoms with E-state index in [0.29, 0.717) is 12.4 Å². The highest BCUT2D eigenvalue weighted by Gasteiger charge is 2.25. The molecule has 6 nitrogen and oxygen atoms in total. The Kier molecular flexibility index (Phi) is 5.54. The Labute approximate surface area is 137 Å². The van der Waals surface area contributed by atoms with Crippen LogP contribution in [-0.2, 0) is 16.4 Å². The molecule has 0 radical (unpaired) electrons. The second kappa shape index (κ2) is 7.23. The van der Waals surface area contributed by atoms with Crippen molar-refractivity contribution in [3.05, 3.63) is 41.2 Å². The summed E-state index contributed by atoms with van der Waals surface area (Å²) >= 11 is 0. The Balaban J connectivity index is 2.48. The summed E-state index contributed by atoms with van der Waals surface area (Å²) in [5, 5.41) is 7.99. The fourth-order valence-corrected chi connectivity index (χ4v) is 3.32. The lowest BCUT2D eigenvalue weighted by molar-refractivity contribution is 0.538. The van der Waals surface area contributed by atoms with Crippen LogP contribution in [-0.4, -0.2) is 28.9 Å². The summed E-state index contributed by atoms with van der Waals surface area (Å²) in [4.78, 5) is 0. The fourth-order valence-electron chi connectivity index (χ4n) is 2.40. The summed E-state index contributed by atoms with van der Waals surface area (Å²) in [6.45, 7) is 6.04. The molecule has 1 aromatic carbocycles. The lowest BCUT2D eigenvalue weighted by Crippen LogP contribution is -2.20. The van der Waals surface area contributed by atoms with Crippen LogP contribution in [0.15, 0.2) is 29.4 Å². The van der Waals surface area contributed by atoms with Gasteiger partial charge in [0, 0.05) is 0 Å². The van der Waals surface area contributed by atoms with Gasteiger partial charge in [0.05, 0.1) is 18.3 Å². The zero-order valence-electron chi connectivity index (χ0n) is 13.9. The number of benzene rings is 1. The summed E-state index contributed by atoms with van der Waals surface area (Å²) in [6, 6.07) is 7.64. The predicted molar refractivity (Wildman–Crippen MR) is 89.9 cm³/mol. The van der Waals surface area contributed by atoms with E-state index in [0.717, 1.165) is 24.0 Å². The van der Waals surface area contributed by atoms with E-state index >= 15 is 0 Å². The first-order valence-electron chi connectivity index (χ1n) is 7.86. The van der Waals surface area contributed by atoms with Gasteiger partial charge in [-0.3, -0.25) is 4.57 Å². The number of aryl methyl sites for hydroxylation is 1. The molecule has 1 heterocycles. The van der Waals surface area contributed by atoms with Gasteiger partial charge in [0.25, 0.3) is 0 Å². The van der Waals surface area contributed by atoms with Gasteiger partial charge in [-0.1, -0.05) is 50.1 Å². The third-order valence-corrected chi connectivity index (χ3v) is 5.41. The maximum absolute atomic E-state index is 12.3. The first-order valence-corrected chi connectivity index (χ1v) is 9.51. The van der Waals surface area contributed by atoms with Crippen LogP contribution in [0.3, 0.4) is 0 Å². The van der Waals surface area contributed by atoms with Crippen LogP contribution in [0.2, 0.25) is 0 Å². The van der Waals surface area contributed by atoms with Gasteiger partial charge in [0.15, 0.2) is 5.82 Å². The Morgan fingerprint density at radius 2 is 1.83 bits per heavy atom. The minimum Gasteiger partial charge on any atom is -0.321 e. The molecular formula is C16H24N4O2S. The van der Waals surface area contributed by atoms with Crippen molar-refractivity contribution in [2.24, 2.45) is 5.73 Å². The van der Waals surface area contributed by atoms with E-state index in [4.69, 9.17) is 5.73 Å². The molecule has 0 bridgehead atoms. The topological polar surface area (TPSA) is 90.9 Å². The number of nitrogens with two attached hydrogens (primary N) is 1. The van der Waals surface area contributed by atoms with Crippen LogP contribution in [0, 0.1) is 6.92 Å². The Morgan fingerprint density at radius 1 is 1.17 bits per heavy atom. The molecule has 0 fully saturated rings. The lowest BCUT2D eigenvalue weighted by Gasteiger charge is -2.14. The quantitative estimate of drug-likeness (QED) is 0.837. The van der Waals surface area contributed by atoms with Crippen LogP contribution in [0.4, 0.5) is 0 Å². The van der Waals surface area contributed by atoms with Crippen molar-refractivity contribution in [1.29, 1.82) is 0 Å². The van der Waals surface area contributed by atoms with E-state index in [1.807, 2.05) is 38.1 Å². The van der Waals surface area contributed by atoms with Gasteiger partial charge in [0.1, 0.15) is 0 Å². The second-order valence-electron chi connectivity index (χ2n) is 5.71. The van der Waals surface area contributed by atoms with Crippen molar-refractivity contribution >= 4 is 9.84 Å². The molecule has 126 valence electrons. The van der Waals surface area contributed by atoms with E-state index in [1.165, 1.54) is 0 Å². The number of hydrogen-bond acceptors (Lipinski definition) is 5. The van der Waals surface area contributed by atoms with Gasteiger partial charge >= 0.3 is 0 Å². The number of aromatic nitrogens is 3. The minimum atomic E-state index is -3.45. The van der Waals surface area contributed by atoms with Crippen molar-refractivity contribution in [2.75, 3.05) is 5.75 Å². The Hall–Kier alpha value is -1.73.